The third-order valence-electron chi connectivity index (χ3n) is 4.31. The molecular weight excluding hydrogens is 346 g/mol. The highest BCUT2D eigenvalue weighted by molar-refractivity contribution is 5.89. The van der Waals surface area contributed by atoms with Crippen LogP contribution in [0.3, 0.4) is 0 Å². The van der Waals surface area contributed by atoms with Gasteiger partial charge in [-0.1, -0.05) is 18.2 Å². The second kappa shape index (κ2) is 8.98. The van der Waals surface area contributed by atoms with E-state index in [1.807, 2.05) is 41.3 Å². The van der Waals surface area contributed by atoms with Crippen molar-refractivity contribution >= 4 is 23.5 Å². The van der Waals surface area contributed by atoms with Crippen molar-refractivity contribution in [1.29, 1.82) is 0 Å². The molecule has 2 amide bonds. The fourth-order valence-electron chi connectivity index (χ4n) is 2.79. The Kier molecular flexibility index (Phi) is 6.19. The first-order chi connectivity index (χ1) is 13.1. The van der Waals surface area contributed by atoms with Crippen LogP contribution in [0, 0.1) is 0 Å². The van der Waals surface area contributed by atoms with Crippen molar-refractivity contribution in [2.75, 3.05) is 43.0 Å². The Bertz CT molecular complexity index is 759. The number of carbonyl (C=O) groups excluding carboxylic acids is 2. The van der Waals surface area contributed by atoms with Crippen LogP contribution in [-0.4, -0.2) is 59.7 Å². The van der Waals surface area contributed by atoms with Crippen LogP contribution in [0.25, 0.3) is 0 Å². The van der Waals surface area contributed by atoms with Crippen molar-refractivity contribution < 1.29 is 14.3 Å². The lowest BCUT2D eigenvalue weighted by Gasteiger charge is -2.34. The predicted molar refractivity (Wildman–Crippen MR) is 102 cm³/mol. The lowest BCUT2D eigenvalue weighted by atomic mass is 10.3. The number of para-hydroxylation sites is 1. The van der Waals surface area contributed by atoms with Gasteiger partial charge in [-0.25, -0.2) is 0 Å². The minimum absolute atomic E-state index is 0.0926. The molecule has 0 saturated carbocycles. The van der Waals surface area contributed by atoms with E-state index in [0.717, 1.165) is 24.7 Å². The van der Waals surface area contributed by atoms with Gasteiger partial charge in [0, 0.05) is 33.1 Å². The molecule has 0 unspecified atom stereocenters. The molecule has 0 radical (unpaired) electrons. The van der Waals surface area contributed by atoms with Gasteiger partial charge in [-0.05, 0) is 24.3 Å². The van der Waals surface area contributed by atoms with E-state index in [9.17, 15) is 9.59 Å². The van der Waals surface area contributed by atoms with Crippen molar-refractivity contribution in [3.63, 3.8) is 0 Å². The Morgan fingerprint density at radius 1 is 1.04 bits per heavy atom. The Morgan fingerprint density at radius 2 is 1.78 bits per heavy atom. The largest absolute Gasteiger partial charge is 0.493 e. The molecule has 8 heteroatoms. The number of nitrogens with zero attached hydrogens (tertiary/aromatic N) is 4. The second-order valence-corrected chi connectivity index (χ2v) is 6.23. The number of rotatable bonds is 6. The number of amides is 2. The van der Waals surface area contributed by atoms with E-state index in [0.29, 0.717) is 25.5 Å². The summed E-state index contributed by atoms with van der Waals surface area (Å²) in [6, 6.07) is 12.9. The summed E-state index contributed by atoms with van der Waals surface area (Å²) in [5.74, 6) is 1.80. The fourth-order valence-corrected chi connectivity index (χ4v) is 2.79. The normalized spacial score (nSPS) is 14.0. The van der Waals surface area contributed by atoms with E-state index in [2.05, 4.69) is 20.4 Å². The number of carbonyl (C=O) groups is 2. The van der Waals surface area contributed by atoms with Gasteiger partial charge in [0.25, 0.3) is 0 Å². The number of benzene rings is 1. The van der Waals surface area contributed by atoms with Gasteiger partial charge in [0.15, 0.2) is 11.6 Å². The minimum atomic E-state index is -0.178. The standard InChI is InChI=1S/C19H23N5O3/c1-15(25)23-10-12-24(13-11-23)18-8-7-17(21-22-18)20-19(26)9-14-27-16-5-3-2-4-6-16/h2-8H,9-14H2,1H3,(H,20,21,26). The maximum Gasteiger partial charge on any atom is 0.229 e. The van der Waals surface area contributed by atoms with E-state index in [1.54, 1.807) is 13.0 Å². The molecule has 1 aromatic heterocycles. The number of aromatic nitrogens is 2. The van der Waals surface area contributed by atoms with Crippen LogP contribution in [0.1, 0.15) is 13.3 Å². The van der Waals surface area contributed by atoms with Gasteiger partial charge < -0.3 is 19.9 Å². The van der Waals surface area contributed by atoms with Crippen LogP contribution in [0.5, 0.6) is 5.75 Å². The van der Waals surface area contributed by atoms with Crippen molar-refractivity contribution in [3.05, 3.63) is 42.5 Å². The Hall–Kier alpha value is -3.16. The number of hydrogen-bond acceptors (Lipinski definition) is 6. The fraction of sp³-hybridized carbons (Fsp3) is 0.368. The zero-order valence-corrected chi connectivity index (χ0v) is 15.3. The molecule has 2 heterocycles. The quantitative estimate of drug-likeness (QED) is 0.831. The number of hydrogen-bond donors (Lipinski definition) is 1. The van der Waals surface area contributed by atoms with E-state index < -0.39 is 0 Å². The molecule has 1 N–H and O–H groups in total. The molecule has 0 bridgehead atoms. The molecule has 27 heavy (non-hydrogen) atoms. The summed E-state index contributed by atoms with van der Waals surface area (Å²) >= 11 is 0. The molecule has 1 saturated heterocycles. The summed E-state index contributed by atoms with van der Waals surface area (Å²) in [7, 11) is 0. The number of ether oxygens (including phenoxy) is 1. The molecule has 2 aromatic rings. The third-order valence-corrected chi connectivity index (χ3v) is 4.31. The first kappa shape index (κ1) is 18.6. The first-order valence-corrected chi connectivity index (χ1v) is 8.94. The molecule has 0 atom stereocenters. The summed E-state index contributed by atoms with van der Waals surface area (Å²) in [4.78, 5) is 27.2. The monoisotopic (exact) mass is 369 g/mol. The van der Waals surface area contributed by atoms with Crippen molar-refractivity contribution in [2.24, 2.45) is 0 Å². The highest BCUT2D eigenvalue weighted by atomic mass is 16.5. The molecule has 1 aromatic carbocycles. The first-order valence-electron chi connectivity index (χ1n) is 8.94. The summed E-state index contributed by atoms with van der Waals surface area (Å²) in [5.41, 5.74) is 0. The van der Waals surface area contributed by atoms with Crippen molar-refractivity contribution in [1.82, 2.24) is 15.1 Å². The highest BCUT2D eigenvalue weighted by Crippen LogP contribution is 2.14. The van der Waals surface area contributed by atoms with Gasteiger partial charge >= 0.3 is 0 Å². The van der Waals surface area contributed by atoms with E-state index >= 15 is 0 Å². The SMILES string of the molecule is CC(=O)N1CCN(c2ccc(NC(=O)CCOc3ccccc3)nn2)CC1. The van der Waals surface area contributed by atoms with Crippen LogP contribution in [-0.2, 0) is 9.59 Å². The third kappa shape index (κ3) is 5.40. The summed E-state index contributed by atoms with van der Waals surface area (Å²) in [5, 5.41) is 11.0. The average molecular weight is 369 g/mol. The Labute approximate surface area is 158 Å². The minimum Gasteiger partial charge on any atom is -0.493 e. The van der Waals surface area contributed by atoms with Crippen LogP contribution in [0.2, 0.25) is 0 Å². The number of nitrogens with one attached hydrogen (secondary N) is 1. The van der Waals surface area contributed by atoms with Gasteiger partial charge in [0.1, 0.15) is 5.75 Å². The number of piperazine rings is 1. The van der Waals surface area contributed by atoms with E-state index in [4.69, 9.17) is 4.74 Å². The molecule has 1 aliphatic rings. The van der Waals surface area contributed by atoms with Gasteiger partial charge in [-0.3, -0.25) is 9.59 Å². The van der Waals surface area contributed by atoms with Gasteiger partial charge in [0.2, 0.25) is 11.8 Å². The zero-order valence-electron chi connectivity index (χ0n) is 15.3. The van der Waals surface area contributed by atoms with E-state index in [-0.39, 0.29) is 18.2 Å². The maximum absolute atomic E-state index is 12.0. The van der Waals surface area contributed by atoms with Gasteiger partial charge in [-0.15, -0.1) is 10.2 Å². The molecular formula is C19H23N5O3. The van der Waals surface area contributed by atoms with Crippen molar-refractivity contribution in [2.45, 2.75) is 13.3 Å². The molecule has 8 nitrogen and oxygen atoms in total. The average Bonchev–Trinajstić information content (AvgIpc) is 2.69. The molecule has 3 rings (SSSR count). The molecule has 142 valence electrons. The van der Waals surface area contributed by atoms with Gasteiger partial charge in [0.05, 0.1) is 13.0 Å². The predicted octanol–water partition coefficient (Wildman–Crippen LogP) is 1.55. The molecule has 0 aliphatic carbocycles. The van der Waals surface area contributed by atoms with Crippen LogP contribution < -0.4 is 15.0 Å². The Morgan fingerprint density at radius 3 is 2.41 bits per heavy atom. The summed E-state index contributed by atoms with van der Waals surface area (Å²) < 4.78 is 5.51. The molecule has 1 aliphatic heterocycles. The van der Waals surface area contributed by atoms with Crippen LogP contribution in [0.4, 0.5) is 11.6 Å². The molecule has 0 spiro atoms. The lowest BCUT2D eigenvalue weighted by molar-refractivity contribution is -0.129. The van der Waals surface area contributed by atoms with Crippen LogP contribution in [0.15, 0.2) is 42.5 Å². The Balaban J connectivity index is 1.43. The van der Waals surface area contributed by atoms with Crippen LogP contribution >= 0.6 is 0 Å². The lowest BCUT2D eigenvalue weighted by Crippen LogP contribution is -2.48. The topological polar surface area (TPSA) is 87.7 Å². The zero-order chi connectivity index (χ0) is 19.1. The highest BCUT2D eigenvalue weighted by Gasteiger charge is 2.19. The summed E-state index contributed by atoms with van der Waals surface area (Å²) in [6.07, 6.45) is 0.228. The summed E-state index contributed by atoms with van der Waals surface area (Å²) in [6.45, 7) is 4.67. The number of anilines is 2. The maximum atomic E-state index is 12.0. The van der Waals surface area contributed by atoms with Gasteiger partial charge in [-0.2, -0.15) is 0 Å². The van der Waals surface area contributed by atoms with Crippen molar-refractivity contribution in [3.8, 4) is 5.75 Å². The second-order valence-electron chi connectivity index (χ2n) is 6.23. The van der Waals surface area contributed by atoms with E-state index in [1.165, 1.54) is 0 Å². The smallest absolute Gasteiger partial charge is 0.229 e. The molecule has 1 fully saturated rings.